The first-order valence-electron chi connectivity index (χ1n) is 9.21. The first-order valence-corrected chi connectivity index (χ1v) is 10.7. The van der Waals surface area contributed by atoms with Crippen LogP contribution in [0.5, 0.6) is 0 Å². The molecule has 3 aromatic rings. The third kappa shape index (κ3) is 5.33. The zero-order valence-electron chi connectivity index (χ0n) is 16.7. The largest absolute Gasteiger partial charge is 0.322 e. The number of carbonyl (C=O) groups is 2. The van der Waals surface area contributed by atoms with Crippen LogP contribution < -0.4 is 15.6 Å². The maximum absolute atomic E-state index is 12.3. The summed E-state index contributed by atoms with van der Waals surface area (Å²) in [5.41, 5.74) is 3.35. The van der Waals surface area contributed by atoms with Gasteiger partial charge < -0.3 is 5.32 Å². The maximum atomic E-state index is 12.3. The molecule has 0 unspecified atom stereocenters. The highest BCUT2D eigenvalue weighted by Crippen LogP contribution is 2.22. The van der Waals surface area contributed by atoms with Crippen LogP contribution in [0.25, 0.3) is 0 Å². The Balaban J connectivity index is 1.65. The fourth-order valence-corrected chi connectivity index (χ4v) is 3.78. The van der Waals surface area contributed by atoms with Crippen molar-refractivity contribution < 1.29 is 22.9 Å². The van der Waals surface area contributed by atoms with E-state index in [0.29, 0.717) is 11.3 Å². The van der Waals surface area contributed by atoms with E-state index in [0.717, 1.165) is 17.7 Å². The number of sulfonamides is 1. The molecule has 0 atom stereocenters. The molecule has 3 rings (SSSR count). The molecule has 3 aromatic carbocycles. The number of para-hydroxylation sites is 1. The van der Waals surface area contributed by atoms with Gasteiger partial charge in [0.25, 0.3) is 27.5 Å². The summed E-state index contributed by atoms with van der Waals surface area (Å²) >= 11 is 0. The molecule has 32 heavy (non-hydrogen) atoms. The zero-order valence-corrected chi connectivity index (χ0v) is 17.5. The summed E-state index contributed by atoms with van der Waals surface area (Å²) in [5.74, 6) is -1.10. The Morgan fingerprint density at radius 3 is 2.22 bits per heavy atom. The van der Waals surface area contributed by atoms with E-state index in [1.807, 2.05) is 23.2 Å². The van der Waals surface area contributed by atoms with E-state index < -0.39 is 31.4 Å². The number of aryl methyl sites for hydroxylation is 1. The van der Waals surface area contributed by atoms with Crippen LogP contribution in [-0.4, -0.2) is 25.2 Å². The average molecular weight is 454 g/mol. The van der Waals surface area contributed by atoms with Crippen molar-refractivity contribution in [2.45, 2.75) is 11.8 Å². The van der Waals surface area contributed by atoms with E-state index >= 15 is 0 Å². The summed E-state index contributed by atoms with van der Waals surface area (Å²) in [6.45, 7) is 1.87. The quantitative estimate of drug-likeness (QED) is 0.369. The summed E-state index contributed by atoms with van der Waals surface area (Å²) in [6.07, 6.45) is 0. The molecular weight excluding hydrogens is 436 g/mol. The lowest BCUT2D eigenvalue weighted by Gasteiger charge is -2.10. The van der Waals surface area contributed by atoms with E-state index in [2.05, 4.69) is 5.32 Å². The van der Waals surface area contributed by atoms with Gasteiger partial charge in [-0.1, -0.05) is 29.8 Å². The average Bonchev–Trinajstić information content (AvgIpc) is 2.78. The van der Waals surface area contributed by atoms with Crippen molar-refractivity contribution in [2.24, 2.45) is 0 Å². The Morgan fingerprint density at radius 2 is 1.56 bits per heavy atom. The minimum absolute atomic E-state index is 0.101. The van der Waals surface area contributed by atoms with Crippen molar-refractivity contribution >= 4 is 33.2 Å². The molecule has 0 aliphatic rings. The third-order valence-electron chi connectivity index (χ3n) is 4.34. The Morgan fingerprint density at radius 1 is 0.875 bits per heavy atom. The second-order valence-electron chi connectivity index (χ2n) is 6.69. The molecule has 0 aliphatic carbocycles. The number of amides is 2. The van der Waals surface area contributed by atoms with Gasteiger partial charge >= 0.3 is 0 Å². The SMILES string of the molecule is Cc1cccc(C(=O)Nc2ccc(C(=O)NNS(=O)(=O)c3ccccc3[N+](=O)[O-])cc2)c1. The number of hydrogen-bond donors (Lipinski definition) is 3. The normalized spacial score (nSPS) is 10.9. The van der Waals surface area contributed by atoms with E-state index in [-0.39, 0.29) is 11.5 Å². The van der Waals surface area contributed by atoms with E-state index in [4.69, 9.17) is 0 Å². The molecule has 10 nitrogen and oxygen atoms in total. The van der Waals surface area contributed by atoms with Crippen LogP contribution in [0.15, 0.2) is 77.7 Å². The minimum Gasteiger partial charge on any atom is -0.322 e. The number of carbonyl (C=O) groups excluding carboxylic acids is 2. The van der Waals surface area contributed by atoms with Crippen LogP contribution >= 0.6 is 0 Å². The Hall–Kier alpha value is -4.09. The third-order valence-corrected chi connectivity index (χ3v) is 5.63. The standard InChI is InChI=1S/C21H18N4O6S/c1-14-5-4-6-16(13-14)20(26)22-17-11-9-15(10-12-17)21(27)23-24-32(30,31)19-8-3-2-7-18(19)25(28)29/h2-13,24H,1H3,(H,22,26)(H,23,27). The fraction of sp³-hybridized carbons (Fsp3) is 0.0476. The van der Waals surface area contributed by atoms with Crippen molar-refractivity contribution in [1.82, 2.24) is 10.3 Å². The number of nitro groups is 1. The summed E-state index contributed by atoms with van der Waals surface area (Å²) in [6, 6.07) is 17.5. The lowest BCUT2D eigenvalue weighted by Crippen LogP contribution is -2.41. The van der Waals surface area contributed by atoms with E-state index in [1.165, 1.54) is 36.4 Å². The van der Waals surface area contributed by atoms with Gasteiger partial charge in [-0.25, -0.2) is 8.42 Å². The number of benzene rings is 3. The number of hydrogen-bond acceptors (Lipinski definition) is 6. The predicted molar refractivity (Wildman–Crippen MR) is 116 cm³/mol. The molecule has 2 amide bonds. The predicted octanol–water partition coefficient (Wildman–Crippen LogP) is 2.78. The molecule has 0 aromatic heterocycles. The fourth-order valence-electron chi connectivity index (χ4n) is 2.77. The Bertz CT molecular complexity index is 1290. The topological polar surface area (TPSA) is 148 Å². The number of rotatable bonds is 7. The van der Waals surface area contributed by atoms with Crippen LogP contribution in [0.2, 0.25) is 0 Å². The first-order chi connectivity index (χ1) is 15.2. The van der Waals surface area contributed by atoms with Gasteiger partial charge in [-0.2, -0.15) is 0 Å². The number of anilines is 1. The van der Waals surface area contributed by atoms with Crippen molar-refractivity contribution in [1.29, 1.82) is 0 Å². The number of nitro benzene ring substituents is 1. The highest BCUT2D eigenvalue weighted by molar-refractivity contribution is 7.89. The number of nitrogens with zero attached hydrogens (tertiary/aromatic N) is 1. The second kappa shape index (κ2) is 9.37. The van der Waals surface area contributed by atoms with E-state index in [9.17, 15) is 28.1 Å². The van der Waals surface area contributed by atoms with Crippen LogP contribution in [0.3, 0.4) is 0 Å². The van der Waals surface area contributed by atoms with Gasteiger partial charge in [-0.3, -0.25) is 25.1 Å². The molecule has 0 saturated heterocycles. The molecule has 11 heteroatoms. The molecule has 0 spiro atoms. The van der Waals surface area contributed by atoms with Gasteiger partial charge in [0.2, 0.25) is 0 Å². The summed E-state index contributed by atoms with van der Waals surface area (Å²) < 4.78 is 24.7. The maximum Gasteiger partial charge on any atom is 0.289 e. The molecule has 0 heterocycles. The zero-order chi connectivity index (χ0) is 23.3. The molecule has 0 bridgehead atoms. The molecule has 164 valence electrons. The molecule has 0 fully saturated rings. The van der Waals surface area contributed by atoms with Crippen molar-refractivity contribution in [3.05, 3.63) is 99.6 Å². The first kappa shape index (κ1) is 22.6. The Labute approximate surface area is 183 Å². The molecule has 3 N–H and O–H groups in total. The lowest BCUT2D eigenvalue weighted by atomic mass is 10.1. The van der Waals surface area contributed by atoms with Gasteiger partial charge in [0.05, 0.1) is 4.92 Å². The van der Waals surface area contributed by atoms with Crippen molar-refractivity contribution in [3.63, 3.8) is 0 Å². The van der Waals surface area contributed by atoms with Crippen LogP contribution in [0.1, 0.15) is 26.3 Å². The van der Waals surface area contributed by atoms with Gasteiger partial charge in [0, 0.05) is 22.9 Å². The summed E-state index contributed by atoms with van der Waals surface area (Å²) in [7, 11) is -4.38. The number of nitrogens with one attached hydrogen (secondary N) is 3. The monoisotopic (exact) mass is 454 g/mol. The molecular formula is C21H18N4O6S. The van der Waals surface area contributed by atoms with Crippen LogP contribution in [0, 0.1) is 17.0 Å². The van der Waals surface area contributed by atoms with Gasteiger partial charge in [0.15, 0.2) is 4.90 Å². The Kier molecular flexibility index (Phi) is 6.61. The van der Waals surface area contributed by atoms with Gasteiger partial charge in [0.1, 0.15) is 0 Å². The minimum atomic E-state index is -4.38. The van der Waals surface area contributed by atoms with Crippen molar-refractivity contribution in [3.8, 4) is 0 Å². The van der Waals surface area contributed by atoms with Gasteiger partial charge in [-0.15, -0.1) is 4.83 Å². The van der Waals surface area contributed by atoms with Crippen molar-refractivity contribution in [2.75, 3.05) is 5.32 Å². The molecule has 0 aliphatic heterocycles. The lowest BCUT2D eigenvalue weighted by molar-refractivity contribution is -0.387. The van der Waals surface area contributed by atoms with Crippen LogP contribution in [-0.2, 0) is 10.0 Å². The summed E-state index contributed by atoms with van der Waals surface area (Å²) in [4.78, 5) is 36.0. The highest BCUT2D eigenvalue weighted by atomic mass is 32.2. The smallest absolute Gasteiger partial charge is 0.289 e. The molecule has 0 radical (unpaired) electrons. The summed E-state index contributed by atoms with van der Waals surface area (Å²) in [5, 5.41) is 13.7. The highest BCUT2D eigenvalue weighted by Gasteiger charge is 2.25. The second-order valence-corrected chi connectivity index (χ2v) is 8.34. The van der Waals surface area contributed by atoms with E-state index in [1.54, 1.807) is 18.2 Å². The molecule has 0 saturated carbocycles. The van der Waals surface area contributed by atoms with Crippen LogP contribution in [0.4, 0.5) is 11.4 Å². The van der Waals surface area contributed by atoms with Gasteiger partial charge in [-0.05, 0) is 49.4 Å². The number of hydrazine groups is 1.